The molecule has 0 radical (unpaired) electrons. The van der Waals surface area contributed by atoms with E-state index in [2.05, 4.69) is 23.7 Å². The highest BCUT2D eigenvalue weighted by Crippen LogP contribution is 2.12. The maximum absolute atomic E-state index is 9.43. The normalized spacial score (nSPS) is 13.8. The molecule has 0 aliphatic rings. The molecule has 4 nitrogen and oxygen atoms in total. The summed E-state index contributed by atoms with van der Waals surface area (Å²) in [7, 11) is 1.89. The van der Waals surface area contributed by atoms with Crippen LogP contribution >= 0.6 is 11.6 Å². The first-order valence-corrected chi connectivity index (χ1v) is 5.87. The summed E-state index contributed by atoms with van der Waals surface area (Å²) in [6, 6.07) is 0.366. The molecule has 1 unspecified atom stereocenters. The lowest BCUT2D eigenvalue weighted by atomic mass is 10.2. The van der Waals surface area contributed by atoms with Crippen LogP contribution in [-0.2, 0) is 13.6 Å². The molecule has 0 amide bonds. The molecule has 0 aromatic carbocycles. The van der Waals surface area contributed by atoms with Crippen molar-refractivity contribution >= 4 is 11.6 Å². The molecular weight excluding hydrogens is 226 g/mol. The summed E-state index contributed by atoms with van der Waals surface area (Å²) in [6.07, 6.45) is 1.32. The van der Waals surface area contributed by atoms with Gasteiger partial charge in [-0.2, -0.15) is 0 Å². The van der Waals surface area contributed by atoms with Gasteiger partial charge in [0.2, 0.25) is 0 Å². The topological polar surface area (TPSA) is 41.3 Å². The first kappa shape index (κ1) is 13.5. The van der Waals surface area contributed by atoms with Crippen LogP contribution in [0.1, 0.15) is 26.6 Å². The lowest BCUT2D eigenvalue weighted by Gasteiger charge is -2.27. The molecule has 1 aromatic rings. The highest BCUT2D eigenvalue weighted by atomic mass is 35.5. The van der Waals surface area contributed by atoms with E-state index in [9.17, 15) is 5.11 Å². The summed E-state index contributed by atoms with van der Waals surface area (Å²) in [4.78, 5) is 6.42. The minimum atomic E-state index is -0.335. The quantitative estimate of drug-likeness (QED) is 0.858. The molecule has 1 rings (SSSR count). The highest BCUT2D eigenvalue weighted by Gasteiger charge is 2.15. The first-order valence-electron chi connectivity index (χ1n) is 5.50. The van der Waals surface area contributed by atoms with E-state index in [-0.39, 0.29) is 6.10 Å². The van der Waals surface area contributed by atoms with Crippen LogP contribution in [0, 0.1) is 0 Å². The lowest BCUT2D eigenvalue weighted by molar-refractivity contribution is 0.100. The second-order valence-electron chi connectivity index (χ2n) is 4.43. The standard InChI is InChI=1S/C11H20ClN3O/c1-8(2)15(6-9(3)16)7-11-13-5-10(12)14(11)4/h5,8-9,16H,6-7H2,1-4H3. The second kappa shape index (κ2) is 5.66. The van der Waals surface area contributed by atoms with Gasteiger partial charge in [-0.05, 0) is 20.8 Å². The number of aliphatic hydroxyl groups excluding tert-OH is 1. The van der Waals surface area contributed by atoms with E-state index in [4.69, 9.17) is 11.6 Å². The average molecular weight is 246 g/mol. The molecule has 16 heavy (non-hydrogen) atoms. The van der Waals surface area contributed by atoms with Gasteiger partial charge in [-0.15, -0.1) is 0 Å². The lowest BCUT2D eigenvalue weighted by Crippen LogP contribution is -2.36. The van der Waals surface area contributed by atoms with Gasteiger partial charge in [-0.3, -0.25) is 4.90 Å². The third kappa shape index (κ3) is 3.47. The minimum Gasteiger partial charge on any atom is -0.392 e. The number of imidazole rings is 1. The van der Waals surface area contributed by atoms with Gasteiger partial charge >= 0.3 is 0 Å². The molecule has 1 aromatic heterocycles. The van der Waals surface area contributed by atoms with Gasteiger partial charge in [0.05, 0.1) is 18.8 Å². The Hall–Kier alpha value is -0.580. The van der Waals surface area contributed by atoms with Crippen molar-refractivity contribution in [2.75, 3.05) is 6.54 Å². The Morgan fingerprint density at radius 2 is 2.12 bits per heavy atom. The van der Waals surface area contributed by atoms with Crippen LogP contribution in [0.15, 0.2) is 6.20 Å². The Balaban J connectivity index is 2.72. The number of rotatable bonds is 5. The largest absolute Gasteiger partial charge is 0.392 e. The van der Waals surface area contributed by atoms with Crippen LogP contribution in [0.25, 0.3) is 0 Å². The Kier molecular flexibility index (Phi) is 4.77. The molecule has 1 N–H and O–H groups in total. The zero-order chi connectivity index (χ0) is 12.3. The fraction of sp³-hybridized carbons (Fsp3) is 0.727. The third-order valence-electron chi connectivity index (χ3n) is 2.60. The molecule has 0 fully saturated rings. The number of aliphatic hydroxyl groups is 1. The Bertz CT molecular complexity index is 336. The Morgan fingerprint density at radius 3 is 2.50 bits per heavy atom. The molecule has 0 spiro atoms. The summed E-state index contributed by atoms with van der Waals surface area (Å²) < 4.78 is 1.86. The average Bonchev–Trinajstić information content (AvgIpc) is 2.47. The Morgan fingerprint density at radius 1 is 1.50 bits per heavy atom. The molecule has 5 heteroatoms. The van der Waals surface area contributed by atoms with E-state index in [1.807, 2.05) is 11.6 Å². The fourth-order valence-corrected chi connectivity index (χ4v) is 1.70. The Labute approximate surface area is 102 Å². The van der Waals surface area contributed by atoms with Gasteiger partial charge in [-0.1, -0.05) is 11.6 Å². The molecule has 0 saturated carbocycles. The van der Waals surface area contributed by atoms with Crippen molar-refractivity contribution in [3.63, 3.8) is 0 Å². The summed E-state index contributed by atoms with van der Waals surface area (Å²) in [6.45, 7) is 7.34. The zero-order valence-electron chi connectivity index (χ0n) is 10.3. The van der Waals surface area contributed by atoms with Gasteiger partial charge in [-0.25, -0.2) is 4.98 Å². The predicted octanol–water partition coefficient (Wildman–Crippen LogP) is 1.66. The van der Waals surface area contributed by atoms with Gasteiger partial charge in [0.15, 0.2) is 0 Å². The van der Waals surface area contributed by atoms with E-state index >= 15 is 0 Å². The smallest absolute Gasteiger partial charge is 0.128 e. The van der Waals surface area contributed by atoms with E-state index in [0.29, 0.717) is 24.3 Å². The third-order valence-corrected chi connectivity index (χ3v) is 2.95. The van der Waals surface area contributed by atoms with Crippen molar-refractivity contribution in [3.05, 3.63) is 17.2 Å². The minimum absolute atomic E-state index is 0.335. The van der Waals surface area contributed by atoms with Crippen molar-refractivity contribution in [1.29, 1.82) is 0 Å². The van der Waals surface area contributed by atoms with E-state index in [1.54, 1.807) is 13.1 Å². The fourth-order valence-electron chi connectivity index (χ4n) is 1.55. The van der Waals surface area contributed by atoms with Crippen molar-refractivity contribution in [3.8, 4) is 0 Å². The number of nitrogens with zero attached hydrogens (tertiary/aromatic N) is 3. The summed E-state index contributed by atoms with van der Waals surface area (Å²) in [5.74, 6) is 0.916. The van der Waals surface area contributed by atoms with Crippen LogP contribution in [-0.4, -0.2) is 38.2 Å². The molecule has 0 aliphatic heterocycles. The van der Waals surface area contributed by atoms with Gasteiger partial charge < -0.3 is 9.67 Å². The van der Waals surface area contributed by atoms with Gasteiger partial charge in [0, 0.05) is 19.6 Å². The molecule has 0 aliphatic carbocycles. The van der Waals surface area contributed by atoms with Gasteiger partial charge in [0.25, 0.3) is 0 Å². The van der Waals surface area contributed by atoms with E-state index in [0.717, 1.165) is 5.82 Å². The van der Waals surface area contributed by atoms with Crippen LogP contribution in [0.4, 0.5) is 0 Å². The molecule has 1 heterocycles. The van der Waals surface area contributed by atoms with Crippen molar-refractivity contribution < 1.29 is 5.11 Å². The van der Waals surface area contributed by atoms with Crippen molar-refractivity contribution in [2.45, 2.75) is 39.5 Å². The first-order chi connectivity index (χ1) is 7.41. The van der Waals surface area contributed by atoms with Crippen molar-refractivity contribution in [1.82, 2.24) is 14.5 Å². The zero-order valence-corrected chi connectivity index (χ0v) is 11.1. The molecule has 1 atom stereocenters. The monoisotopic (exact) mass is 245 g/mol. The number of aromatic nitrogens is 2. The van der Waals surface area contributed by atoms with Gasteiger partial charge in [0.1, 0.15) is 11.0 Å². The second-order valence-corrected chi connectivity index (χ2v) is 4.82. The van der Waals surface area contributed by atoms with Crippen LogP contribution in [0.3, 0.4) is 0 Å². The maximum Gasteiger partial charge on any atom is 0.128 e. The molecule has 92 valence electrons. The number of hydrogen-bond donors (Lipinski definition) is 1. The summed E-state index contributed by atoms with van der Waals surface area (Å²) in [5, 5.41) is 10.1. The molecule has 0 saturated heterocycles. The summed E-state index contributed by atoms with van der Waals surface area (Å²) in [5.41, 5.74) is 0. The SMILES string of the molecule is CC(O)CN(Cc1ncc(Cl)n1C)C(C)C. The van der Waals surface area contributed by atoms with E-state index in [1.165, 1.54) is 0 Å². The molecular formula is C11H20ClN3O. The van der Waals surface area contributed by atoms with Crippen LogP contribution in [0.5, 0.6) is 0 Å². The van der Waals surface area contributed by atoms with E-state index < -0.39 is 0 Å². The summed E-state index contributed by atoms with van der Waals surface area (Å²) >= 11 is 5.93. The predicted molar refractivity (Wildman–Crippen MR) is 65.4 cm³/mol. The van der Waals surface area contributed by atoms with Crippen LogP contribution < -0.4 is 0 Å². The van der Waals surface area contributed by atoms with Crippen molar-refractivity contribution in [2.24, 2.45) is 7.05 Å². The maximum atomic E-state index is 9.43. The van der Waals surface area contributed by atoms with Crippen LogP contribution in [0.2, 0.25) is 5.15 Å². The number of halogens is 1. The number of hydrogen-bond acceptors (Lipinski definition) is 3. The highest BCUT2D eigenvalue weighted by molar-refractivity contribution is 6.29. The molecule has 0 bridgehead atoms.